The largest absolute Gasteiger partial charge is 0.497 e. The molecule has 0 radical (unpaired) electrons. The Kier molecular flexibility index (Phi) is 8.13. The van der Waals surface area contributed by atoms with Crippen LogP contribution in [0.1, 0.15) is 16.8 Å². The van der Waals surface area contributed by atoms with Gasteiger partial charge in [0.1, 0.15) is 11.6 Å². The van der Waals surface area contributed by atoms with Crippen molar-refractivity contribution in [3.8, 4) is 5.75 Å². The summed E-state index contributed by atoms with van der Waals surface area (Å²) in [6.07, 6.45) is 0.212. The average Bonchev–Trinajstić information content (AvgIpc) is 2.82. The first-order chi connectivity index (χ1) is 16.0. The maximum atomic E-state index is 12.5. The molecule has 3 rings (SSSR count). The number of ether oxygens (including phenoxy) is 1. The van der Waals surface area contributed by atoms with E-state index in [1.54, 1.807) is 51.5 Å². The van der Waals surface area contributed by atoms with Crippen LogP contribution in [0.3, 0.4) is 0 Å². The van der Waals surface area contributed by atoms with Gasteiger partial charge in [-0.2, -0.15) is 0 Å². The fraction of sp³-hybridized carbons (Fsp3) is 0.200. The number of hydrogen-bond donors (Lipinski definition) is 1. The summed E-state index contributed by atoms with van der Waals surface area (Å²) >= 11 is 0. The van der Waals surface area contributed by atoms with Crippen molar-refractivity contribution in [1.29, 1.82) is 0 Å². The molecule has 0 unspecified atom stereocenters. The number of amides is 2. The van der Waals surface area contributed by atoms with Crippen molar-refractivity contribution in [1.82, 2.24) is 9.88 Å². The smallest absolute Gasteiger partial charge is 0.276 e. The van der Waals surface area contributed by atoms with Gasteiger partial charge in [-0.25, -0.2) is 4.98 Å². The van der Waals surface area contributed by atoms with Crippen LogP contribution < -0.4 is 10.1 Å². The second-order valence-corrected chi connectivity index (χ2v) is 7.37. The molecular weight excluding hydrogens is 420 g/mol. The molecule has 0 aliphatic carbocycles. The first kappa shape index (κ1) is 23.5. The summed E-state index contributed by atoms with van der Waals surface area (Å²) in [6.45, 7) is 0.0409. The third-order valence-electron chi connectivity index (χ3n) is 4.62. The standard InChI is InChI=1S/C25H26N4O4/c1-29(2)25(31)24(19-8-5-4-6-9-19)28-33-17-20-10-7-11-22(26-20)27-23(30)16-18-12-14-21(32-3)15-13-18/h4-15H,16-17H2,1-3H3,(H,26,27,30)/b28-24-. The highest BCUT2D eigenvalue weighted by molar-refractivity contribution is 6.45. The zero-order chi connectivity index (χ0) is 23.6. The highest BCUT2D eigenvalue weighted by Gasteiger charge is 2.17. The van der Waals surface area contributed by atoms with E-state index in [0.29, 0.717) is 17.1 Å². The van der Waals surface area contributed by atoms with Gasteiger partial charge in [0.2, 0.25) is 5.91 Å². The zero-order valence-electron chi connectivity index (χ0n) is 18.8. The van der Waals surface area contributed by atoms with Gasteiger partial charge < -0.3 is 19.8 Å². The average molecular weight is 447 g/mol. The summed E-state index contributed by atoms with van der Waals surface area (Å²) < 4.78 is 5.13. The Balaban J connectivity index is 1.62. The third-order valence-corrected chi connectivity index (χ3v) is 4.62. The number of hydrogen-bond acceptors (Lipinski definition) is 6. The summed E-state index contributed by atoms with van der Waals surface area (Å²) in [5.41, 5.74) is 2.28. The predicted molar refractivity (Wildman–Crippen MR) is 126 cm³/mol. The van der Waals surface area contributed by atoms with Crippen LogP contribution in [0.25, 0.3) is 0 Å². The number of methoxy groups -OCH3 is 1. The Labute approximate surface area is 192 Å². The molecule has 0 fully saturated rings. The monoisotopic (exact) mass is 446 g/mol. The quantitative estimate of drug-likeness (QED) is 0.402. The summed E-state index contributed by atoms with van der Waals surface area (Å²) in [6, 6.07) is 21.6. The molecule has 170 valence electrons. The van der Waals surface area contributed by atoms with Crippen molar-refractivity contribution < 1.29 is 19.2 Å². The van der Waals surface area contributed by atoms with E-state index in [9.17, 15) is 9.59 Å². The van der Waals surface area contributed by atoms with E-state index in [-0.39, 0.29) is 30.6 Å². The van der Waals surface area contributed by atoms with Crippen LogP contribution in [0.2, 0.25) is 0 Å². The minimum atomic E-state index is -0.270. The van der Waals surface area contributed by atoms with E-state index in [0.717, 1.165) is 11.3 Å². The van der Waals surface area contributed by atoms with Gasteiger partial charge in [-0.1, -0.05) is 53.7 Å². The number of pyridine rings is 1. The number of anilines is 1. The van der Waals surface area contributed by atoms with Crippen molar-refractivity contribution in [3.63, 3.8) is 0 Å². The van der Waals surface area contributed by atoms with E-state index in [1.807, 2.05) is 42.5 Å². The number of aromatic nitrogens is 1. The molecule has 0 saturated heterocycles. The molecule has 33 heavy (non-hydrogen) atoms. The second-order valence-electron chi connectivity index (χ2n) is 7.37. The predicted octanol–water partition coefficient (Wildman–Crippen LogP) is 3.28. The zero-order valence-corrected chi connectivity index (χ0v) is 18.8. The minimum absolute atomic E-state index is 0.0409. The van der Waals surface area contributed by atoms with E-state index in [4.69, 9.17) is 9.57 Å². The molecule has 1 aromatic heterocycles. The molecule has 1 N–H and O–H groups in total. The first-order valence-corrected chi connectivity index (χ1v) is 10.3. The Hall–Kier alpha value is -4.20. The van der Waals surface area contributed by atoms with Crippen LogP contribution in [-0.2, 0) is 27.5 Å². The number of nitrogens with zero attached hydrogens (tertiary/aromatic N) is 3. The molecule has 8 heteroatoms. The van der Waals surface area contributed by atoms with E-state index < -0.39 is 0 Å². The second kappa shape index (κ2) is 11.4. The molecule has 1 heterocycles. The van der Waals surface area contributed by atoms with Gasteiger partial charge in [-0.15, -0.1) is 0 Å². The molecule has 8 nitrogen and oxygen atoms in total. The van der Waals surface area contributed by atoms with Crippen molar-refractivity contribution in [2.24, 2.45) is 5.16 Å². The highest BCUT2D eigenvalue weighted by Crippen LogP contribution is 2.13. The van der Waals surface area contributed by atoms with Gasteiger partial charge in [0, 0.05) is 19.7 Å². The third kappa shape index (κ3) is 6.90. The SMILES string of the molecule is COc1ccc(CC(=O)Nc2cccc(CO/N=C(\C(=O)N(C)C)c3ccccc3)n2)cc1. The van der Waals surface area contributed by atoms with Crippen molar-refractivity contribution >= 4 is 23.3 Å². The molecule has 3 aromatic rings. The number of rotatable bonds is 9. The van der Waals surface area contributed by atoms with Crippen LogP contribution in [0.15, 0.2) is 78.0 Å². The Morgan fingerprint density at radius 2 is 1.70 bits per heavy atom. The number of likely N-dealkylation sites (N-methyl/N-ethyl adjacent to an activating group) is 1. The maximum Gasteiger partial charge on any atom is 0.276 e. The fourth-order valence-corrected chi connectivity index (χ4v) is 2.93. The lowest BCUT2D eigenvalue weighted by atomic mass is 10.1. The lowest BCUT2D eigenvalue weighted by Crippen LogP contribution is -2.30. The van der Waals surface area contributed by atoms with Gasteiger partial charge >= 0.3 is 0 Å². The minimum Gasteiger partial charge on any atom is -0.497 e. The van der Waals surface area contributed by atoms with Crippen LogP contribution in [0, 0.1) is 0 Å². The van der Waals surface area contributed by atoms with Crippen LogP contribution in [0.5, 0.6) is 5.75 Å². The van der Waals surface area contributed by atoms with Gasteiger partial charge in [0.15, 0.2) is 12.3 Å². The summed E-state index contributed by atoms with van der Waals surface area (Å²) in [5.74, 6) is 0.686. The molecule has 2 amide bonds. The number of benzene rings is 2. The summed E-state index contributed by atoms with van der Waals surface area (Å²) in [5, 5.41) is 6.84. The van der Waals surface area contributed by atoms with E-state index in [2.05, 4.69) is 15.5 Å². The van der Waals surface area contributed by atoms with Crippen molar-refractivity contribution in [2.75, 3.05) is 26.5 Å². The molecule has 0 saturated carbocycles. The first-order valence-electron chi connectivity index (χ1n) is 10.3. The topological polar surface area (TPSA) is 93.1 Å². The molecule has 0 spiro atoms. The number of carbonyl (C=O) groups excluding carboxylic acids is 2. The van der Waals surface area contributed by atoms with Crippen molar-refractivity contribution in [3.05, 3.63) is 89.6 Å². The molecule has 0 aliphatic rings. The fourth-order valence-electron chi connectivity index (χ4n) is 2.93. The molecule has 0 aliphatic heterocycles. The lowest BCUT2D eigenvalue weighted by molar-refractivity contribution is -0.122. The van der Waals surface area contributed by atoms with Crippen molar-refractivity contribution in [2.45, 2.75) is 13.0 Å². The van der Waals surface area contributed by atoms with E-state index >= 15 is 0 Å². The Bertz CT molecular complexity index is 1110. The van der Waals surface area contributed by atoms with Gasteiger partial charge in [-0.05, 0) is 29.8 Å². The van der Waals surface area contributed by atoms with Gasteiger partial charge in [0.05, 0.1) is 19.2 Å². The van der Waals surface area contributed by atoms with Crippen LogP contribution in [0.4, 0.5) is 5.82 Å². The van der Waals surface area contributed by atoms with Gasteiger partial charge in [-0.3, -0.25) is 9.59 Å². The molecule has 0 atom stereocenters. The van der Waals surface area contributed by atoms with Gasteiger partial charge in [0.25, 0.3) is 5.91 Å². The normalized spacial score (nSPS) is 10.9. The lowest BCUT2D eigenvalue weighted by Gasteiger charge is -2.12. The van der Waals surface area contributed by atoms with Crippen LogP contribution in [-0.4, -0.2) is 48.6 Å². The Morgan fingerprint density at radius 1 is 0.970 bits per heavy atom. The van der Waals surface area contributed by atoms with Crippen LogP contribution >= 0.6 is 0 Å². The highest BCUT2D eigenvalue weighted by atomic mass is 16.6. The molecule has 0 bridgehead atoms. The number of nitrogens with one attached hydrogen (secondary N) is 1. The molecule has 2 aromatic carbocycles. The summed E-state index contributed by atoms with van der Waals surface area (Å²) in [7, 11) is 4.90. The number of carbonyl (C=O) groups is 2. The van der Waals surface area contributed by atoms with E-state index in [1.165, 1.54) is 4.90 Å². The maximum absolute atomic E-state index is 12.5. The summed E-state index contributed by atoms with van der Waals surface area (Å²) in [4.78, 5) is 36.1. The molecular formula is C25H26N4O4. The Morgan fingerprint density at radius 3 is 2.36 bits per heavy atom. The number of oxime groups is 1.